The molecular weight excluding hydrogens is 358 g/mol. The van der Waals surface area contributed by atoms with Crippen molar-refractivity contribution >= 4 is 11.9 Å². The average Bonchev–Trinajstić information content (AvgIpc) is 2.66. The first-order chi connectivity index (χ1) is 13.2. The molecule has 0 aliphatic heterocycles. The molecule has 0 saturated carbocycles. The lowest BCUT2D eigenvalue weighted by Crippen LogP contribution is -2.39. The summed E-state index contributed by atoms with van der Waals surface area (Å²) in [5, 5.41) is 0. The second-order valence-electron chi connectivity index (χ2n) is 7.41. The highest BCUT2D eigenvalue weighted by atomic mass is 16.6. The first kappa shape index (κ1) is 21.4. The predicted octanol–water partition coefficient (Wildman–Crippen LogP) is 3.40. The fraction of sp³-hybridized carbons (Fsp3) is 0.364. The van der Waals surface area contributed by atoms with Crippen LogP contribution in [-0.4, -0.2) is 24.6 Å². The number of esters is 2. The third-order valence-electron chi connectivity index (χ3n) is 3.97. The zero-order valence-electron chi connectivity index (χ0n) is 16.7. The molecule has 0 bridgehead atoms. The van der Waals surface area contributed by atoms with Crippen molar-refractivity contribution in [2.75, 3.05) is 7.11 Å². The molecule has 0 spiro atoms. The van der Waals surface area contributed by atoms with E-state index >= 15 is 0 Å². The Morgan fingerprint density at radius 1 is 1.00 bits per heavy atom. The summed E-state index contributed by atoms with van der Waals surface area (Å²) in [6.45, 7) is 5.57. The van der Waals surface area contributed by atoms with Gasteiger partial charge in [-0.2, -0.15) is 0 Å². The Morgan fingerprint density at radius 3 is 2.29 bits per heavy atom. The van der Waals surface area contributed by atoms with Crippen LogP contribution in [0.4, 0.5) is 0 Å². The predicted molar refractivity (Wildman–Crippen MR) is 105 cm³/mol. The minimum absolute atomic E-state index is 0.395. The van der Waals surface area contributed by atoms with E-state index in [4.69, 9.17) is 19.9 Å². The van der Waals surface area contributed by atoms with Gasteiger partial charge < -0.3 is 19.9 Å². The van der Waals surface area contributed by atoms with Crippen molar-refractivity contribution in [1.29, 1.82) is 0 Å². The normalized spacial score (nSPS) is 13.3. The van der Waals surface area contributed by atoms with Gasteiger partial charge in [-0.15, -0.1) is 0 Å². The fourth-order valence-electron chi connectivity index (χ4n) is 2.63. The molecule has 6 nitrogen and oxygen atoms in total. The van der Waals surface area contributed by atoms with Crippen LogP contribution < -0.4 is 10.5 Å². The SMILES string of the molecule is COC(=O)C(C(=O)OC(C)(C)C)[C@H](N)c1cccc(OCc2ccccc2)c1. The number of hydrogen-bond donors (Lipinski definition) is 1. The molecule has 0 aromatic heterocycles. The van der Waals surface area contributed by atoms with Crippen LogP contribution in [0.1, 0.15) is 37.9 Å². The van der Waals surface area contributed by atoms with E-state index in [2.05, 4.69) is 0 Å². The molecule has 0 aliphatic carbocycles. The molecule has 1 unspecified atom stereocenters. The number of rotatable bonds is 7. The van der Waals surface area contributed by atoms with Crippen LogP contribution in [-0.2, 0) is 25.7 Å². The van der Waals surface area contributed by atoms with E-state index in [0.29, 0.717) is 17.9 Å². The molecule has 2 atom stereocenters. The average molecular weight is 385 g/mol. The molecule has 0 fully saturated rings. The van der Waals surface area contributed by atoms with Crippen molar-refractivity contribution in [1.82, 2.24) is 0 Å². The van der Waals surface area contributed by atoms with Gasteiger partial charge in [-0.1, -0.05) is 42.5 Å². The van der Waals surface area contributed by atoms with Gasteiger partial charge in [0, 0.05) is 0 Å². The molecule has 0 heterocycles. The lowest BCUT2D eigenvalue weighted by Gasteiger charge is -2.26. The van der Waals surface area contributed by atoms with E-state index < -0.39 is 29.5 Å². The number of ether oxygens (including phenoxy) is 3. The Balaban J connectivity index is 2.18. The summed E-state index contributed by atoms with van der Waals surface area (Å²) in [4.78, 5) is 24.8. The van der Waals surface area contributed by atoms with E-state index in [0.717, 1.165) is 5.56 Å². The van der Waals surface area contributed by atoms with Gasteiger partial charge in [0.2, 0.25) is 0 Å². The third kappa shape index (κ3) is 6.09. The number of carbonyl (C=O) groups excluding carboxylic acids is 2. The summed E-state index contributed by atoms with van der Waals surface area (Å²) in [7, 11) is 1.21. The molecule has 0 radical (unpaired) electrons. The third-order valence-corrected chi connectivity index (χ3v) is 3.97. The maximum atomic E-state index is 12.5. The zero-order valence-corrected chi connectivity index (χ0v) is 16.7. The lowest BCUT2D eigenvalue weighted by molar-refractivity contribution is -0.169. The molecule has 150 valence electrons. The minimum Gasteiger partial charge on any atom is -0.489 e. The van der Waals surface area contributed by atoms with Crippen molar-refractivity contribution in [3.8, 4) is 5.75 Å². The van der Waals surface area contributed by atoms with Crippen molar-refractivity contribution in [2.45, 2.75) is 39.0 Å². The Hall–Kier alpha value is -2.86. The molecule has 6 heteroatoms. The Labute approximate surface area is 165 Å². The van der Waals surface area contributed by atoms with E-state index in [-0.39, 0.29) is 0 Å². The smallest absolute Gasteiger partial charge is 0.322 e. The minimum atomic E-state index is -1.27. The van der Waals surface area contributed by atoms with E-state index in [1.807, 2.05) is 30.3 Å². The lowest BCUT2D eigenvalue weighted by atomic mass is 9.93. The number of benzene rings is 2. The van der Waals surface area contributed by atoms with Gasteiger partial charge in [-0.3, -0.25) is 9.59 Å². The summed E-state index contributed by atoms with van der Waals surface area (Å²) in [6, 6.07) is 15.8. The highest BCUT2D eigenvalue weighted by Crippen LogP contribution is 2.27. The summed E-state index contributed by atoms with van der Waals surface area (Å²) in [6.07, 6.45) is 0. The van der Waals surface area contributed by atoms with Gasteiger partial charge in [0.15, 0.2) is 5.92 Å². The summed E-state index contributed by atoms with van der Waals surface area (Å²) in [5.41, 5.74) is 7.11. The molecule has 2 aromatic carbocycles. The highest BCUT2D eigenvalue weighted by molar-refractivity contribution is 5.96. The maximum absolute atomic E-state index is 12.5. The van der Waals surface area contributed by atoms with Crippen LogP contribution in [0.5, 0.6) is 5.75 Å². The summed E-state index contributed by atoms with van der Waals surface area (Å²) >= 11 is 0. The van der Waals surface area contributed by atoms with Crippen LogP contribution >= 0.6 is 0 Å². The Bertz CT molecular complexity index is 798. The van der Waals surface area contributed by atoms with Crippen molar-refractivity contribution in [3.63, 3.8) is 0 Å². The van der Waals surface area contributed by atoms with E-state index in [1.165, 1.54) is 7.11 Å². The Morgan fingerprint density at radius 2 is 1.68 bits per heavy atom. The molecule has 0 saturated heterocycles. The Kier molecular flexibility index (Phi) is 7.18. The number of carbonyl (C=O) groups is 2. The first-order valence-corrected chi connectivity index (χ1v) is 9.04. The zero-order chi connectivity index (χ0) is 20.7. The second kappa shape index (κ2) is 9.37. The molecule has 28 heavy (non-hydrogen) atoms. The van der Waals surface area contributed by atoms with Gasteiger partial charge in [0.05, 0.1) is 13.2 Å². The van der Waals surface area contributed by atoms with Crippen LogP contribution in [0.2, 0.25) is 0 Å². The van der Waals surface area contributed by atoms with Crippen molar-refractivity contribution in [2.24, 2.45) is 11.7 Å². The molecule has 2 rings (SSSR count). The van der Waals surface area contributed by atoms with Crippen LogP contribution in [0.3, 0.4) is 0 Å². The highest BCUT2D eigenvalue weighted by Gasteiger charge is 2.38. The maximum Gasteiger partial charge on any atom is 0.322 e. The van der Waals surface area contributed by atoms with Crippen LogP contribution in [0, 0.1) is 5.92 Å². The standard InChI is InChI=1S/C22H27NO5/c1-22(2,3)28-21(25)18(20(24)26-4)19(23)16-11-8-12-17(13-16)27-14-15-9-6-5-7-10-15/h5-13,18-19H,14,23H2,1-4H3/t18?,19-/m1/s1. The molecule has 2 aromatic rings. The largest absolute Gasteiger partial charge is 0.489 e. The van der Waals surface area contributed by atoms with Gasteiger partial charge >= 0.3 is 11.9 Å². The van der Waals surface area contributed by atoms with Gasteiger partial charge in [-0.05, 0) is 44.0 Å². The summed E-state index contributed by atoms with van der Waals surface area (Å²) in [5.74, 6) is -2.14. The number of methoxy groups -OCH3 is 1. The quantitative estimate of drug-likeness (QED) is 0.581. The molecule has 2 N–H and O–H groups in total. The topological polar surface area (TPSA) is 87.9 Å². The molecule has 0 amide bonds. The van der Waals surface area contributed by atoms with Crippen molar-refractivity contribution in [3.05, 3.63) is 65.7 Å². The first-order valence-electron chi connectivity index (χ1n) is 9.04. The van der Waals surface area contributed by atoms with Crippen molar-refractivity contribution < 1.29 is 23.8 Å². The fourth-order valence-corrected chi connectivity index (χ4v) is 2.63. The van der Waals surface area contributed by atoms with E-state index in [1.54, 1.807) is 45.0 Å². The second-order valence-corrected chi connectivity index (χ2v) is 7.41. The molecule has 0 aliphatic rings. The molecular formula is C22H27NO5. The van der Waals surface area contributed by atoms with Gasteiger partial charge in [0.1, 0.15) is 18.0 Å². The van der Waals surface area contributed by atoms with Gasteiger partial charge in [-0.25, -0.2) is 0 Å². The van der Waals surface area contributed by atoms with Crippen LogP contribution in [0.15, 0.2) is 54.6 Å². The summed E-state index contributed by atoms with van der Waals surface area (Å²) < 4.78 is 15.9. The van der Waals surface area contributed by atoms with Gasteiger partial charge in [0.25, 0.3) is 0 Å². The van der Waals surface area contributed by atoms with E-state index in [9.17, 15) is 9.59 Å². The number of hydrogen-bond acceptors (Lipinski definition) is 6. The number of nitrogens with two attached hydrogens (primary N) is 1. The van der Waals surface area contributed by atoms with Crippen LogP contribution in [0.25, 0.3) is 0 Å². The monoisotopic (exact) mass is 385 g/mol.